The smallest absolute Gasteiger partial charge is 0.222 e. The number of ether oxygens (including phenoxy) is 1. The highest BCUT2D eigenvalue weighted by molar-refractivity contribution is 5.76. The van der Waals surface area contributed by atoms with Crippen molar-refractivity contribution >= 4 is 5.91 Å². The van der Waals surface area contributed by atoms with E-state index >= 15 is 0 Å². The van der Waals surface area contributed by atoms with Crippen molar-refractivity contribution in [2.45, 2.75) is 64.1 Å². The number of amides is 1. The Morgan fingerprint density at radius 3 is 2.79 bits per heavy atom. The van der Waals surface area contributed by atoms with Crippen molar-refractivity contribution in [3.05, 3.63) is 41.2 Å². The van der Waals surface area contributed by atoms with Gasteiger partial charge in [0.05, 0.1) is 24.8 Å². The third-order valence-corrected chi connectivity index (χ3v) is 6.05. The van der Waals surface area contributed by atoms with Gasteiger partial charge >= 0.3 is 0 Å². The molecule has 29 heavy (non-hydrogen) atoms. The average molecular weight is 399 g/mol. The molecule has 0 aromatic carbocycles. The molecule has 156 valence electrons. The third kappa shape index (κ3) is 4.82. The zero-order valence-electron chi connectivity index (χ0n) is 17.3. The van der Waals surface area contributed by atoms with Crippen LogP contribution in [0.15, 0.2) is 18.5 Å². The molecule has 1 aliphatic carbocycles. The number of hydrogen-bond acceptors (Lipinski definition) is 6. The van der Waals surface area contributed by atoms with Gasteiger partial charge in [-0.3, -0.25) is 14.8 Å². The molecule has 1 atom stereocenters. The third-order valence-electron chi connectivity index (χ3n) is 6.05. The molecular weight excluding hydrogens is 368 g/mol. The molecule has 1 saturated carbocycles. The van der Waals surface area contributed by atoms with Gasteiger partial charge in [0.15, 0.2) is 0 Å². The van der Waals surface area contributed by atoms with E-state index in [2.05, 4.69) is 30.4 Å². The standard InChI is InChI=1S/C21H30N6O2/c1-15-8-18(26-25-15)4-7-22-20(28)9-19-13-27(21(14-29-19)5-3-6-21)12-17-10-23-16(2)24-11-17/h8,10-11,19H,3-7,9,12-14H2,1-2H3,(H,22,28)(H,25,26). The number of rotatable bonds is 7. The first-order chi connectivity index (χ1) is 14.0. The van der Waals surface area contributed by atoms with Crippen LogP contribution < -0.4 is 5.32 Å². The minimum absolute atomic E-state index is 0.0328. The van der Waals surface area contributed by atoms with Crippen LogP contribution in [0.2, 0.25) is 0 Å². The number of nitrogens with zero attached hydrogens (tertiary/aromatic N) is 4. The lowest BCUT2D eigenvalue weighted by molar-refractivity contribution is -0.154. The Bertz CT molecular complexity index is 830. The number of aryl methyl sites for hydroxylation is 2. The molecule has 8 heteroatoms. The Kier molecular flexibility index (Phi) is 5.91. The lowest BCUT2D eigenvalue weighted by Gasteiger charge is -2.54. The molecule has 3 heterocycles. The van der Waals surface area contributed by atoms with Crippen LogP contribution in [0, 0.1) is 13.8 Å². The van der Waals surface area contributed by atoms with Gasteiger partial charge in [0, 0.05) is 55.2 Å². The molecule has 2 aromatic heterocycles. The maximum Gasteiger partial charge on any atom is 0.222 e. The van der Waals surface area contributed by atoms with Gasteiger partial charge in [-0.15, -0.1) is 0 Å². The normalized spacial score (nSPS) is 21.1. The highest BCUT2D eigenvalue weighted by Crippen LogP contribution is 2.41. The fourth-order valence-corrected chi connectivity index (χ4v) is 4.19. The highest BCUT2D eigenvalue weighted by atomic mass is 16.5. The Morgan fingerprint density at radius 2 is 2.14 bits per heavy atom. The predicted molar refractivity (Wildman–Crippen MR) is 108 cm³/mol. The molecule has 1 saturated heterocycles. The van der Waals surface area contributed by atoms with Crippen molar-refractivity contribution in [1.29, 1.82) is 0 Å². The molecule has 1 aliphatic heterocycles. The van der Waals surface area contributed by atoms with E-state index in [9.17, 15) is 4.79 Å². The van der Waals surface area contributed by atoms with Gasteiger partial charge in [0.1, 0.15) is 5.82 Å². The molecular formula is C21H30N6O2. The van der Waals surface area contributed by atoms with E-state index in [-0.39, 0.29) is 17.6 Å². The molecule has 0 bridgehead atoms. The van der Waals surface area contributed by atoms with E-state index in [1.54, 1.807) is 0 Å². The summed E-state index contributed by atoms with van der Waals surface area (Å²) in [6.45, 7) is 6.72. The summed E-state index contributed by atoms with van der Waals surface area (Å²) in [7, 11) is 0. The van der Waals surface area contributed by atoms with E-state index < -0.39 is 0 Å². The summed E-state index contributed by atoms with van der Waals surface area (Å²) in [5, 5.41) is 10.1. The molecule has 1 unspecified atom stereocenters. The first-order valence-corrected chi connectivity index (χ1v) is 10.4. The highest BCUT2D eigenvalue weighted by Gasteiger charge is 2.46. The number of carbonyl (C=O) groups is 1. The maximum absolute atomic E-state index is 12.4. The molecule has 1 spiro atoms. The minimum Gasteiger partial charge on any atom is -0.374 e. The molecule has 4 rings (SSSR count). The summed E-state index contributed by atoms with van der Waals surface area (Å²) >= 11 is 0. The average Bonchev–Trinajstić information content (AvgIpc) is 3.08. The van der Waals surface area contributed by atoms with Gasteiger partial charge in [-0.1, -0.05) is 0 Å². The molecule has 0 radical (unpaired) electrons. The first-order valence-electron chi connectivity index (χ1n) is 10.4. The number of aromatic nitrogens is 4. The summed E-state index contributed by atoms with van der Waals surface area (Å²) in [6, 6.07) is 2.00. The van der Waals surface area contributed by atoms with E-state index in [0.717, 1.165) is 55.1 Å². The topological polar surface area (TPSA) is 96.0 Å². The van der Waals surface area contributed by atoms with E-state index in [1.165, 1.54) is 6.42 Å². The Hall–Kier alpha value is -2.32. The molecule has 2 aromatic rings. The van der Waals surface area contributed by atoms with Crippen molar-refractivity contribution in [2.75, 3.05) is 19.7 Å². The van der Waals surface area contributed by atoms with Gasteiger partial charge in [0.2, 0.25) is 5.91 Å². The SMILES string of the molecule is Cc1ncc(CN2CC(CC(=O)NCCc3cc(C)[nH]n3)OCC23CCC3)cn1. The van der Waals surface area contributed by atoms with Gasteiger partial charge in [0.25, 0.3) is 0 Å². The van der Waals surface area contributed by atoms with Gasteiger partial charge in [-0.2, -0.15) is 5.10 Å². The summed E-state index contributed by atoms with van der Waals surface area (Å²) < 4.78 is 6.11. The summed E-state index contributed by atoms with van der Waals surface area (Å²) in [5.74, 6) is 0.819. The maximum atomic E-state index is 12.4. The number of carbonyl (C=O) groups excluding carboxylic acids is 1. The van der Waals surface area contributed by atoms with Crippen molar-refractivity contribution in [1.82, 2.24) is 30.4 Å². The lowest BCUT2D eigenvalue weighted by atomic mass is 9.74. The van der Waals surface area contributed by atoms with Gasteiger partial charge in [-0.05, 0) is 39.2 Å². The summed E-state index contributed by atoms with van der Waals surface area (Å²) in [6.07, 6.45) is 8.39. The number of nitrogens with one attached hydrogen (secondary N) is 2. The fourth-order valence-electron chi connectivity index (χ4n) is 4.19. The molecule has 2 aliphatic rings. The first kappa shape index (κ1) is 20.0. The van der Waals surface area contributed by atoms with Crippen LogP contribution in [0.5, 0.6) is 0 Å². The van der Waals surface area contributed by atoms with Crippen molar-refractivity contribution in [3.8, 4) is 0 Å². The summed E-state index contributed by atoms with van der Waals surface area (Å²) in [5.41, 5.74) is 3.23. The van der Waals surface area contributed by atoms with Crippen LogP contribution in [0.3, 0.4) is 0 Å². The number of morpholine rings is 1. The molecule has 2 N–H and O–H groups in total. The summed E-state index contributed by atoms with van der Waals surface area (Å²) in [4.78, 5) is 23.5. The van der Waals surface area contributed by atoms with E-state index in [1.807, 2.05) is 32.3 Å². The zero-order valence-corrected chi connectivity index (χ0v) is 17.3. The zero-order chi connectivity index (χ0) is 20.3. The van der Waals surface area contributed by atoms with Gasteiger partial charge < -0.3 is 10.1 Å². The van der Waals surface area contributed by atoms with Crippen molar-refractivity contribution in [3.63, 3.8) is 0 Å². The lowest BCUT2D eigenvalue weighted by Crippen LogP contribution is -2.62. The Balaban J connectivity index is 1.29. The van der Waals surface area contributed by atoms with Crippen LogP contribution in [0.1, 0.15) is 48.5 Å². The van der Waals surface area contributed by atoms with Crippen LogP contribution in [0.4, 0.5) is 0 Å². The number of H-pyrrole nitrogens is 1. The Morgan fingerprint density at radius 1 is 1.34 bits per heavy atom. The number of hydrogen-bond donors (Lipinski definition) is 2. The predicted octanol–water partition coefficient (Wildman–Crippen LogP) is 1.69. The fraction of sp³-hybridized carbons (Fsp3) is 0.619. The minimum atomic E-state index is -0.0831. The van der Waals surface area contributed by atoms with E-state index in [0.29, 0.717) is 19.6 Å². The van der Waals surface area contributed by atoms with Crippen LogP contribution >= 0.6 is 0 Å². The number of aromatic amines is 1. The monoisotopic (exact) mass is 398 g/mol. The Labute approximate surface area is 171 Å². The molecule has 1 amide bonds. The quantitative estimate of drug-likeness (QED) is 0.737. The van der Waals surface area contributed by atoms with Crippen LogP contribution in [0.25, 0.3) is 0 Å². The largest absolute Gasteiger partial charge is 0.374 e. The second-order valence-electron chi connectivity index (χ2n) is 8.38. The second-order valence-corrected chi connectivity index (χ2v) is 8.38. The van der Waals surface area contributed by atoms with Crippen molar-refractivity contribution < 1.29 is 9.53 Å². The molecule has 2 fully saturated rings. The van der Waals surface area contributed by atoms with Crippen LogP contribution in [-0.2, 0) is 22.5 Å². The van der Waals surface area contributed by atoms with E-state index in [4.69, 9.17) is 4.74 Å². The second kappa shape index (κ2) is 8.59. The molecule has 8 nitrogen and oxygen atoms in total. The van der Waals surface area contributed by atoms with Gasteiger partial charge in [-0.25, -0.2) is 9.97 Å². The van der Waals surface area contributed by atoms with Crippen molar-refractivity contribution in [2.24, 2.45) is 0 Å². The van der Waals surface area contributed by atoms with Crippen LogP contribution in [-0.4, -0.2) is 62.3 Å².